The van der Waals surface area contributed by atoms with E-state index in [1.165, 1.54) is 32.8 Å². The zero-order valence-corrected chi connectivity index (χ0v) is 28.2. The van der Waals surface area contributed by atoms with Crippen molar-refractivity contribution in [2.24, 2.45) is 9.98 Å². The molecule has 0 atom stereocenters. The van der Waals surface area contributed by atoms with Gasteiger partial charge in [-0.3, -0.25) is 4.57 Å². The number of aromatic nitrogens is 2. The average Bonchev–Trinajstić information content (AvgIpc) is 3.71. The molecule has 0 spiro atoms. The lowest BCUT2D eigenvalue weighted by atomic mass is 10.0. The van der Waals surface area contributed by atoms with Crippen LogP contribution in [-0.2, 0) is 0 Å². The standard InChI is InChI=1S/C47H34N4/c1-32(34-16-6-3-7-17-34)48-47(49-33(2)35-26-28-37(29-27-35)36-18-8-4-9-19-36)51-42-25-15-13-23-40(42)46-44(51)31-30-43-45(46)39-22-12-14-24-41(39)50(43)38-20-10-5-11-21-38/h3-31H,1H2,2H3/b48-47?,49-33+. The van der Waals surface area contributed by atoms with Gasteiger partial charge >= 0.3 is 0 Å². The molecule has 0 radical (unpaired) electrons. The van der Waals surface area contributed by atoms with Crippen LogP contribution in [0.25, 0.3) is 66.1 Å². The van der Waals surface area contributed by atoms with Crippen LogP contribution in [-0.4, -0.2) is 20.8 Å². The minimum atomic E-state index is 0.561. The maximum atomic E-state index is 5.32. The Labute approximate surface area is 296 Å². The van der Waals surface area contributed by atoms with E-state index in [2.05, 4.69) is 162 Å². The van der Waals surface area contributed by atoms with Gasteiger partial charge in [0.25, 0.3) is 0 Å². The minimum Gasteiger partial charge on any atom is -0.309 e. The lowest BCUT2D eigenvalue weighted by Crippen LogP contribution is -2.12. The average molecular weight is 655 g/mol. The molecule has 0 saturated carbocycles. The van der Waals surface area contributed by atoms with Crippen LogP contribution in [0.4, 0.5) is 0 Å². The number of benzene rings is 7. The Hall–Kier alpha value is -6.78. The van der Waals surface area contributed by atoms with Crippen molar-refractivity contribution in [3.8, 4) is 16.8 Å². The molecule has 0 fully saturated rings. The fourth-order valence-corrected chi connectivity index (χ4v) is 7.28. The van der Waals surface area contributed by atoms with E-state index < -0.39 is 0 Å². The van der Waals surface area contributed by atoms with E-state index in [4.69, 9.17) is 9.98 Å². The van der Waals surface area contributed by atoms with Crippen molar-refractivity contribution in [1.82, 2.24) is 9.13 Å². The number of nitrogens with zero attached hydrogens (tertiary/aromatic N) is 4. The minimum absolute atomic E-state index is 0.561. The van der Waals surface area contributed by atoms with Gasteiger partial charge in [0.15, 0.2) is 0 Å². The Morgan fingerprint density at radius 2 is 0.980 bits per heavy atom. The van der Waals surface area contributed by atoms with Crippen LogP contribution >= 0.6 is 0 Å². The lowest BCUT2D eigenvalue weighted by molar-refractivity contribution is 1.18. The van der Waals surface area contributed by atoms with Gasteiger partial charge in [-0.15, -0.1) is 0 Å². The predicted molar refractivity (Wildman–Crippen MR) is 216 cm³/mol. The maximum Gasteiger partial charge on any atom is 0.235 e. The molecule has 9 aromatic rings. The Bertz CT molecular complexity index is 2780. The highest BCUT2D eigenvalue weighted by molar-refractivity contribution is 6.30. The number of para-hydroxylation sites is 3. The molecular formula is C47H34N4. The molecular weight excluding hydrogens is 621 g/mol. The van der Waals surface area contributed by atoms with Crippen LogP contribution in [0.1, 0.15) is 18.1 Å². The Balaban J connectivity index is 1.30. The molecule has 0 aliphatic heterocycles. The first-order valence-electron chi connectivity index (χ1n) is 17.2. The van der Waals surface area contributed by atoms with E-state index in [0.717, 1.165) is 44.5 Å². The molecule has 7 aromatic carbocycles. The van der Waals surface area contributed by atoms with Crippen LogP contribution in [0.3, 0.4) is 0 Å². The smallest absolute Gasteiger partial charge is 0.235 e. The zero-order valence-electron chi connectivity index (χ0n) is 28.2. The highest BCUT2D eigenvalue weighted by atomic mass is 15.2. The second kappa shape index (κ2) is 12.6. The van der Waals surface area contributed by atoms with E-state index in [0.29, 0.717) is 11.7 Å². The summed E-state index contributed by atoms with van der Waals surface area (Å²) < 4.78 is 4.57. The van der Waals surface area contributed by atoms with Crippen molar-refractivity contribution < 1.29 is 0 Å². The molecule has 0 N–H and O–H groups in total. The molecule has 4 nitrogen and oxygen atoms in total. The van der Waals surface area contributed by atoms with E-state index >= 15 is 0 Å². The normalized spacial score (nSPS) is 12.3. The third-order valence-electron chi connectivity index (χ3n) is 9.71. The van der Waals surface area contributed by atoms with Crippen LogP contribution in [0.15, 0.2) is 192 Å². The first kappa shape index (κ1) is 30.3. The topological polar surface area (TPSA) is 34.6 Å². The molecule has 0 aliphatic rings. The fraction of sp³-hybridized carbons (Fsp3) is 0.0213. The summed E-state index contributed by atoms with van der Waals surface area (Å²) in [6, 6.07) is 61.4. The fourth-order valence-electron chi connectivity index (χ4n) is 7.28. The van der Waals surface area contributed by atoms with Gasteiger partial charge in [-0.25, -0.2) is 9.98 Å². The summed E-state index contributed by atoms with van der Waals surface area (Å²) in [7, 11) is 0. The van der Waals surface area contributed by atoms with Crippen molar-refractivity contribution in [2.45, 2.75) is 6.92 Å². The van der Waals surface area contributed by atoms with Crippen LogP contribution in [0.5, 0.6) is 0 Å². The van der Waals surface area contributed by atoms with E-state index in [9.17, 15) is 0 Å². The highest BCUT2D eigenvalue weighted by Gasteiger charge is 2.22. The van der Waals surface area contributed by atoms with Gasteiger partial charge in [0.2, 0.25) is 5.96 Å². The zero-order chi connectivity index (χ0) is 34.3. The van der Waals surface area contributed by atoms with Crippen molar-refractivity contribution in [1.29, 1.82) is 0 Å². The van der Waals surface area contributed by atoms with Crippen molar-refractivity contribution in [3.05, 3.63) is 194 Å². The lowest BCUT2D eigenvalue weighted by Gasteiger charge is -2.11. The summed E-state index contributed by atoms with van der Waals surface area (Å²) in [4.78, 5) is 10.5. The van der Waals surface area contributed by atoms with Crippen molar-refractivity contribution in [3.63, 3.8) is 0 Å². The molecule has 9 rings (SSSR count). The van der Waals surface area contributed by atoms with Gasteiger partial charge in [0.1, 0.15) is 0 Å². The number of rotatable bonds is 5. The van der Waals surface area contributed by atoms with Crippen molar-refractivity contribution in [2.75, 3.05) is 0 Å². The SMILES string of the molecule is C=C(N=C(/N=C(\C)c1ccc(-c2ccccc2)cc1)n1c2ccccc2c2c3c4ccccc4n(-c4ccccc4)c3ccc21)c1ccccc1. The molecule has 2 aromatic heterocycles. The maximum absolute atomic E-state index is 5.32. The quantitative estimate of drug-likeness (QED) is 0.131. The second-order valence-corrected chi connectivity index (χ2v) is 12.8. The third kappa shape index (κ3) is 5.25. The summed E-state index contributed by atoms with van der Waals surface area (Å²) in [6.45, 7) is 6.47. The van der Waals surface area contributed by atoms with Gasteiger partial charge in [0.05, 0.1) is 27.8 Å². The summed E-state index contributed by atoms with van der Waals surface area (Å²) in [6.07, 6.45) is 0. The second-order valence-electron chi connectivity index (χ2n) is 12.8. The highest BCUT2D eigenvalue weighted by Crippen LogP contribution is 2.41. The first-order chi connectivity index (χ1) is 25.2. The molecule has 0 unspecified atom stereocenters. The Morgan fingerprint density at radius 1 is 0.451 bits per heavy atom. The van der Waals surface area contributed by atoms with Gasteiger partial charge in [-0.1, -0.05) is 146 Å². The molecule has 0 aliphatic carbocycles. The summed E-state index contributed by atoms with van der Waals surface area (Å²) >= 11 is 0. The number of hydrogen-bond donors (Lipinski definition) is 0. The first-order valence-corrected chi connectivity index (χ1v) is 17.2. The monoisotopic (exact) mass is 654 g/mol. The molecule has 0 bridgehead atoms. The van der Waals surface area contributed by atoms with Crippen LogP contribution in [0, 0.1) is 0 Å². The summed E-state index contributed by atoms with van der Waals surface area (Å²) in [5.41, 5.74) is 11.4. The molecule has 242 valence electrons. The Morgan fingerprint density at radius 3 is 1.69 bits per heavy atom. The van der Waals surface area contributed by atoms with Gasteiger partial charge < -0.3 is 4.57 Å². The van der Waals surface area contributed by atoms with E-state index in [1.807, 2.05) is 36.4 Å². The third-order valence-corrected chi connectivity index (χ3v) is 9.71. The molecule has 0 saturated heterocycles. The Kier molecular flexibility index (Phi) is 7.48. The molecule has 2 heterocycles. The van der Waals surface area contributed by atoms with E-state index in [1.54, 1.807) is 0 Å². The van der Waals surface area contributed by atoms with Gasteiger partial charge in [-0.05, 0) is 65.6 Å². The van der Waals surface area contributed by atoms with Gasteiger partial charge in [0, 0.05) is 32.9 Å². The predicted octanol–water partition coefficient (Wildman–Crippen LogP) is 11.9. The van der Waals surface area contributed by atoms with Gasteiger partial charge in [-0.2, -0.15) is 0 Å². The largest absolute Gasteiger partial charge is 0.309 e. The number of aliphatic imine (C=N–C) groups is 2. The molecule has 51 heavy (non-hydrogen) atoms. The summed E-state index contributed by atoms with van der Waals surface area (Å²) in [5, 5.41) is 4.73. The van der Waals surface area contributed by atoms with E-state index in [-0.39, 0.29) is 0 Å². The summed E-state index contributed by atoms with van der Waals surface area (Å²) in [5.74, 6) is 0.561. The van der Waals surface area contributed by atoms with Crippen LogP contribution < -0.4 is 0 Å². The molecule has 0 amide bonds. The molecule has 4 heteroatoms. The van der Waals surface area contributed by atoms with Crippen molar-refractivity contribution >= 4 is 61.0 Å². The van der Waals surface area contributed by atoms with Crippen LogP contribution in [0.2, 0.25) is 0 Å². The number of hydrogen-bond acceptors (Lipinski definition) is 1. The number of fused-ring (bicyclic) bond motifs is 7.